The maximum atomic E-state index is 5.86. The molecule has 0 aromatic carbocycles. The molecule has 2 N–H and O–H groups in total. The van der Waals surface area contributed by atoms with Crippen LogP contribution < -0.4 is 10.6 Å². The number of hydrogen-bond donors (Lipinski definition) is 1. The Morgan fingerprint density at radius 2 is 2.33 bits per heavy atom. The fraction of sp³-hybridized carbons (Fsp3) is 0.700. The van der Waals surface area contributed by atoms with Crippen LogP contribution in [0.25, 0.3) is 0 Å². The van der Waals surface area contributed by atoms with E-state index in [4.69, 9.17) is 5.73 Å². The Balaban J connectivity index is 2.27. The molecule has 1 aromatic rings. The van der Waals surface area contributed by atoms with E-state index in [-0.39, 0.29) is 0 Å². The summed E-state index contributed by atoms with van der Waals surface area (Å²) in [5.41, 5.74) is 5.86. The molecule has 1 unspecified atom stereocenters. The van der Waals surface area contributed by atoms with Crippen LogP contribution in [0.1, 0.15) is 26.2 Å². The fourth-order valence-corrected chi connectivity index (χ4v) is 3.87. The summed E-state index contributed by atoms with van der Waals surface area (Å²) >= 11 is 3.25. The number of nitrogens with zero attached hydrogens (tertiary/aromatic N) is 2. The van der Waals surface area contributed by atoms with Crippen LogP contribution in [0.3, 0.4) is 0 Å². The van der Waals surface area contributed by atoms with Gasteiger partial charge in [0, 0.05) is 12.6 Å². The summed E-state index contributed by atoms with van der Waals surface area (Å²) in [6, 6.07) is 0.629. The molecule has 3 nitrogen and oxygen atoms in total. The largest absolute Gasteiger partial charge is 0.382 e. The molecule has 1 aliphatic rings. The lowest BCUT2D eigenvalue weighted by Gasteiger charge is -2.34. The third-order valence-corrected chi connectivity index (χ3v) is 4.76. The van der Waals surface area contributed by atoms with Gasteiger partial charge in [-0.1, -0.05) is 0 Å². The molecule has 5 heteroatoms. The van der Waals surface area contributed by atoms with Crippen molar-refractivity contribution in [3.8, 4) is 0 Å². The number of anilines is 2. The van der Waals surface area contributed by atoms with Crippen LogP contribution in [0.5, 0.6) is 0 Å². The van der Waals surface area contributed by atoms with Gasteiger partial charge in [-0.25, -0.2) is 0 Å². The minimum atomic E-state index is 0.629. The van der Waals surface area contributed by atoms with E-state index < -0.39 is 0 Å². The van der Waals surface area contributed by atoms with Crippen LogP contribution >= 0.6 is 23.3 Å². The van der Waals surface area contributed by atoms with Gasteiger partial charge < -0.3 is 10.6 Å². The molecule has 1 fully saturated rings. The lowest BCUT2D eigenvalue weighted by Crippen LogP contribution is -2.37. The smallest absolute Gasteiger partial charge is 0.153 e. The summed E-state index contributed by atoms with van der Waals surface area (Å²) in [6.45, 7) is 3.44. The second-order valence-electron chi connectivity index (χ2n) is 3.94. The van der Waals surface area contributed by atoms with Crippen LogP contribution in [-0.4, -0.2) is 23.2 Å². The maximum Gasteiger partial charge on any atom is 0.153 e. The van der Waals surface area contributed by atoms with Gasteiger partial charge in [0.25, 0.3) is 0 Å². The summed E-state index contributed by atoms with van der Waals surface area (Å²) in [7, 11) is 0. The van der Waals surface area contributed by atoms with Gasteiger partial charge in [0.1, 0.15) is 5.00 Å². The molecule has 15 heavy (non-hydrogen) atoms. The zero-order chi connectivity index (χ0) is 10.8. The van der Waals surface area contributed by atoms with Crippen LogP contribution in [0.2, 0.25) is 0 Å². The van der Waals surface area contributed by atoms with Crippen molar-refractivity contribution in [1.29, 1.82) is 0 Å². The fourth-order valence-electron chi connectivity index (χ4n) is 2.06. The van der Waals surface area contributed by atoms with E-state index in [0.717, 1.165) is 11.4 Å². The van der Waals surface area contributed by atoms with E-state index in [0.29, 0.717) is 11.9 Å². The van der Waals surface area contributed by atoms with E-state index in [9.17, 15) is 0 Å². The molecule has 1 aliphatic heterocycles. The summed E-state index contributed by atoms with van der Waals surface area (Å²) < 4.78 is 4.25. The predicted octanol–water partition coefficient (Wildman–Crippen LogP) is 2.83. The van der Waals surface area contributed by atoms with Crippen molar-refractivity contribution in [2.24, 2.45) is 0 Å². The topological polar surface area (TPSA) is 42.1 Å². The highest BCUT2D eigenvalue weighted by Gasteiger charge is 2.23. The Morgan fingerprint density at radius 1 is 1.53 bits per heavy atom. The molecule has 84 valence electrons. The van der Waals surface area contributed by atoms with E-state index in [2.05, 4.69) is 22.5 Å². The summed E-state index contributed by atoms with van der Waals surface area (Å²) in [5.74, 6) is 0.695. The number of nitrogen functional groups attached to an aromatic ring is 1. The zero-order valence-electron chi connectivity index (χ0n) is 9.19. The molecule has 0 aliphatic carbocycles. The van der Waals surface area contributed by atoms with E-state index >= 15 is 0 Å². The zero-order valence-corrected chi connectivity index (χ0v) is 10.8. The van der Waals surface area contributed by atoms with Gasteiger partial charge in [0.15, 0.2) is 5.82 Å². The molecule has 0 spiro atoms. The quantitative estimate of drug-likeness (QED) is 0.811. The second kappa shape index (κ2) is 4.61. The Labute approximate surface area is 99.2 Å². The summed E-state index contributed by atoms with van der Waals surface area (Å²) in [6.07, 6.45) is 5.99. The highest BCUT2D eigenvalue weighted by molar-refractivity contribution is 7.99. The Kier molecular flexibility index (Phi) is 3.41. The Morgan fingerprint density at radius 3 is 3.00 bits per heavy atom. The van der Waals surface area contributed by atoms with Gasteiger partial charge in [-0.15, -0.1) is 11.8 Å². The molecule has 0 amide bonds. The molecule has 2 heterocycles. The van der Waals surface area contributed by atoms with Crippen molar-refractivity contribution in [2.75, 3.05) is 23.4 Å². The first-order valence-corrected chi connectivity index (χ1v) is 7.29. The van der Waals surface area contributed by atoms with Crippen molar-refractivity contribution >= 4 is 34.1 Å². The lowest BCUT2D eigenvalue weighted by atomic mass is 10.0. The van der Waals surface area contributed by atoms with Gasteiger partial charge in [0.05, 0.1) is 4.90 Å². The minimum absolute atomic E-state index is 0.629. The van der Waals surface area contributed by atoms with Crippen LogP contribution in [0.15, 0.2) is 4.90 Å². The molecule has 1 aromatic heterocycles. The number of thioether (sulfide) groups is 1. The van der Waals surface area contributed by atoms with Crippen molar-refractivity contribution in [1.82, 2.24) is 4.37 Å². The summed E-state index contributed by atoms with van der Waals surface area (Å²) in [5, 5.41) is 1.27. The molecule has 0 bridgehead atoms. The van der Waals surface area contributed by atoms with Gasteiger partial charge >= 0.3 is 0 Å². The monoisotopic (exact) mass is 243 g/mol. The summed E-state index contributed by atoms with van der Waals surface area (Å²) in [4.78, 5) is 3.62. The van der Waals surface area contributed by atoms with Crippen molar-refractivity contribution in [2.45, 2.75) is 37.1 Å². The number of rotatable bonds is 2. The Bertz CT molecular complexity index is 337. The van der Waals surface area contributed by atoms with E-state index in [1.54, 1.807) is 23.3 Å². The highest BCUT2D eigenvalue weighted by Crippen LogP contribution is 2.39. The molecular formula is C10H17N3S2. The average molecular weight is 243 g/mol. The van der Waals surface area contributed by atoms with Gasteiger partial charge in [0.2, 0.25) is 0 Å². The molecule has 0 radical (unpaired) electrons. The molecule has 1 atom stereocenters. The average Bonchev–Trinajstić information content (AvgIpc) is 2.60. The molecule has 0 saturated carbocycles. The maximum absolute atomic E-state index is 5.86. The van der Waals surface area contributed by atoms with E-state index in [1.807, 2.05) is 0 Å². The second-order valence-corrected chi connectivity index (χ2v) is 5.51. The van der Waals surface area contributed by atoms with Crippen molar-refractivity contribution < 1.29 is 0 Å². The van der Waals surface area contributed by atoms with Crippen molar-refractivity contribution in [3.63, 3.8) is 0 Å². The molecule has 2 rings (SSSR count). The van der Waals surface area contributed by atoms with Gasteiger partial charge in [-0.3, -0.25) is 0 Å². The van der Waals surface area contributed by atoms with Gasteiger partial charge in [-0.05, 0) is 44.0 Å². The number of aromatic nitrogens is 1. The SMILES string of the molecule is CSc1c(N)nsc1N1CCCCC1C. The van der Waals surface area contributed by atoms with Crippen molar-refractivity contribution in [3.05, 3.63) is 0 Å². The first kappa shape index (κ1) is 11.1. The van der Waals surface area contributed by atoms with Crippen LogP contribution in [0, 0.1) is 0 Å². The first-order valence-electron chi connectivity index (χ1n) is 5.29. The number of piperidine rings is 1. The highest BCUT2D eigenvalue weighted by atomic mass is 32.2. The normalized spacial score (nSPS) is 22.0. The molecule has 1 saturated heterocycles. The van der Waals surface area contributed by atoms with Crippen LogP contribution in [-0.2, 0) is 0 Å². The van der Waals surface area contributed by atoms with Gasteiger partial charge in [-0.2, -0.15) is 4.37 Å². The predicted molar refractivity (Wildman–Crippen MR) is 69.0 cm³/mol. The third kappa shape index (κ3) is 2.08. The standard InChI is InChI=1S/C10H17N3S2/c1-7-5-3-4-6-13(7)10-8(14-2)9(11)12-15-10/h7H,3-6H2,1-2H3,(H2,11,12). The molecular weight excluding hydrogens is 226 g/mol. The number of hydrogen-bond acceptors (Lipinski definition) is 5. The third-order valence-electron chi connectivity index (χ3n) is 2.93. The Hall–Kier alpha value is -0.420. The lowest BCUT2D eigenvalue weighted by molar-refractivity contribution is 0.485. The first-order chi connectivity index (χ1) is 7.24. The minimum Gasteiger partial charge on any atom is -0.382 e. The number of nitrogens with two attached hydrogens (primary N) is 1. The van der Waals surface area contributed by atoms with E-state index in [1.165, 1.54) is 24.3 Å². The van der Waals surface area contributed by atoms with Crippen LogP contribution in [0.4, 0.5) is 10.8 Å².